The lowest BCUT2D eigenvalue weighted by Crippen LogP contribution is -2.35. The van der Waals surface area contributed by atoms with E-state index in [4.69, 9.17) is 15.0 Å². The molecule has 2 aliphatic rings. The lowest BCUT2D eigenvalue weighted by Gasteiger charge is -2.27. The average molecular weight is 365 g/mol. The van der Waals surface area contributed by atoms with E-state index in [-0.39, 0.29) is 12.4 Å². The van der Waals surface area contributed by atoms with Gasteiger partial charge in [-0.05, 0) is 24.5 Å². The van der Waals surface area contributed by atoms with E-state index in [1.807, 2.05) is 12.1 Å². The maximum Gasteiger partial charge on any atom is 0.258 e. The van der Waals surface area contributed by atoms with Crippen molar-refractivity contribution in [3.63, 3.8) is 0 Å². The molecule has 0 atom stereocenters. The van der Waals surface area contributed by atoms with Crippen molar-refractivity contribution in [2.45, 2.75) is 37.8 Å². The molecule has 136 valence electrons. The Morgan fingerprint density at radius 2 is 1.84 bits per heavy atom. The van der Waals surface area contributed by atoms with E-state index in [9.17, 15) is 0 Å². The quantitative estimate of drug-likeness (QED) is 0.898. The topological polar surface area (TPSA) is 77.4 Å². The molecule has 0 amide bonds. The highest BCUT2D eigenvalue weighted by molar-refractivity contribution is 5.85. The molecule has 1 aliphatic heterocycles. The molecule has 1 aromatic carbocycles. The van der Waals surface area contributed by atoms with Crippen LogP contribution in [0.4, 0.5) is 0 Å². The third-order valence-electron chi connectivity index (χ3n) is 5.11. The molecule has 2 N–H and O–H groups in total. The molecule has 0 spiro atoms. The Kier molecular flexibility index (Phi) is 5.74. The van der Waals surface area contributed by atoms with Crippen LogP contribution in [0.2, 0.25) is 0 Å². The van der Waals surface area contributed by atoms with Gasteiger partial charge >= 0.3 is 0 Å². The highest BCUT2D eigenvalue weighted by Crippen LogP contribution is 2.35. The van der Waals surface area contributed by atoms with E-state index < -0.39 is 5.54 Å². The first-order chi connectivity index (χ1) is 11.7. The summed E-state index contributed by atoms with van der Waals surface area (Å²) >= 11 is 0. The monoisotopic (exact) mass is 364 g/mol. The third kappa shape index (κ3) is 3.87. The van der Waals surface area contributed by atoms with E-state index in [1.165, 1.54) is 5.56 Å². The minimum Gasteiger partial charge on any atom is -0.379 e. The highest BCUT2D eigenvalue weighted by atomic mass is 35.5. The fourth-order valence-electron chi connectivity index (χ4n) is 3.63. The Bertz CT molecular complexity index is 694. The zero-order valence-corrected chi connectivity index (χ0v) is 15.1. The molecular formula is C18H25ClN4O2. The maximum absolute atomic E-state index is 6.45. The van der Waals surface area contributed by atoms with E-state index in [2.05, 4.69) is 27.2 Å². The molecule has 0 unspecified atom stereocenters. The van der Waals surface area contributed by atoms with Gasteiger partial charge in [0.1, 0.15) is 0 Å². The molecule has 6 nitrogen and oxygen atoms in total. The molecule has 1 saturated heterocycles. The van der Waals surface area contributed by atoms with Gasteiger partial charge in [-0.1, -0.05) is 36.2 Å². The molecule has 1 saturated carbocycles. The molecule has 2 heterocycles. The minimum atomic E-state index is -0.416. The summed E-state index contributed by atoms with van der Waals surface area (Å²) in [7, 11) is 0. The smallest absolute Gasteiger partial charge is 0.258 e. The highest BCUT2D eigenvalue weighted by Gasteiger charge is 2.36. The number of aromatic nitrogens is 2. The Labute approximate surface area is 154 Å². The van der Waals surface area contributed by atoms with Crippen LogP contribution >= 0.6 is 12.4 Å². The van der Waals surface area contributed by atoms with Crippen LogP contribution in [0.15, 0.2) is 28.8 Å². The fourth-order valence-corrected chi connectivity index (χ4v) is 3.63. The lowest BCUT2D eigenvalue weighted by atomic mass is 9.98. The van der Waals surface area contributed by atoms with Crippen LogP contribution in [-0.2, 0) is 16.8 Å². The van der Waals surface area contributed by atoms with Crippen molar-refractivity contribution in [2.24, 2.45) is 5.73 Å². The largest absolute Gasteiger partial charge is 0.379 e. The van der Waals surface area contributed by atoms with E-state index in [0.29, 0.717) is 11.7 Å². The van der Waals surface area contributed by atoms with Gasteiger partial charge in [0.2, 0.25) is 0 Å². The normalized spacial score (nSPS) is 20.4. The number of benzene rings is 1. The Morgan fingerprint density at radius 1 is 1.12 bits per heavy atom. The van der Waals surface area contributed by atoms with Crippen LogP contribution in [0, 0.1) is 0 Å². The van der Waals surface area contributed by atoms with Gasteiger partial charge < -0.3 is 15.0 Å². The Morgan fingerprint density at radius 3 is 2.60 bits per heavy atom. The third-order valence-corrected chi connectivity index (χ3v) is 5.11. The summed E-state index contributed by atoms with van der Waals surface area (Å²) in [5, 5.41) is 4.19. The summed E-state index contributed by atoms with van der Waals surface area (Å²) < 4.78 is 11.0. The molecule has 1 aromatic heterocycles. The Balaban J connectivity index is 0.00000182. The fraction of sp³-hybridized carbons (Fsp3) is 0.556. The van der Waals surface area contributed by atoms with E-state index in [1.54, 1.807) is 0 Å². The van der Waals surface area contributed by atoms with Gasteiger partial charge in [0.05, 0.1) is 18.8 Å². The summed E-state index contributed by atoms with van der Waals surface area (Å²) in [5.74, 6) is 1.22. The second-order valence-corrected chi connectivity index (χ2v) is 6.83. The number of nitrogens with two attached hydrogens (primary N) is 1. The number of hydrogen-bond acceptors (Lipinski definition) is 6. The first-order valence-electron chi connectivity index (χ1n) is 8.76. The molecule has 25 heavy (non-hydrogen) atoms. The maximum atomic E-state index is 6.45. The summed E-state index contributed by atoms with van der Waals surface area (Å²) in [5.41, 5.74) is 8.24. The van der Waals surface area contributed by atoms with Crippen LogP contribution in [0.1, 0.15) is 37.1 Å². The van der Waals surface area contributed by atoms with Gasteiger partial charge in [-0.3, -0.25) is 4.90 Å². The summed E-state index contributed by atoms with van der Waals surface area (Å²) in [6, 6.07) is 8.24. The zero-order chi connectivity index (χ0) is 16.4. The molecule has 2 fully saturated rings. The predicted octanol–water partition coefficient (Wildman–Crippen LogP) is 2.72. The van der Waals surface area contributed by atoms with Crippen molar-refractivity contribution >= 4 is 12.4 Å². The van der Waals surface area contributed by atoms with Gasteiger partial charge in [-0.25, -0.2) is 0 Å². The summed E-state index contributed by atoms with van der Waals surface area (Å²) in [4.78, 5) is 7.03. The lowest BCUT2D eigenvalue weighted by molar-refractivity contribution is 0.0342. The van der Waals surface area contributed by atoms with Crippen molar-refractivity contribution in [2.75, 3.05) is 26.3 Å². The number of ether oxygens (including phenoxy) is 1. The molecule has 0 bridgehead atoms. The van der Waals surface area contributed by atoms with Crippen molar-refractivity contribution in [1.82, 2.24) is 15.0 Å². The van der Waals surface area contributed by atoms with Crippen LogP contribution in [0.3, 0.4) is 0 Å². The molecule has 2 aromatic rings. The van der Waals surface area contributed by atoms with Crippen LogP contribution in [0.25, 0.3) is 11.5 Å². The molecule has 1 aliphatic carbocycles. The van der Waals surface area contributed by atoms with Crippen molar-refractivity contribution in [3.8, 4) is 11.5 Å². The summed E-state index contributed by atoms with van der Waals surface area (Å²) in [6.45, 7) is 4.36. The van der Waals surface area contributed by atoms with Gasteiger partial charge in [-0.15, -0.1) is 12.4 Å². The molecule has 4 rings (SSSR count). The van der Waals surface area contributed by atoms with Gasteiger partial charge in [0.25, 0.3) is 5.89 Å². The van der Waals surface area contributed by atoms with Gasteiger partial charge in [0, 0.05) is 25.2 Å². The number of hydrogen-bond donors (Lipinski definition) is 1. The second-order valence-electron chi connectivity index (χ2n) is 6.83. The number of rotatable bonds is 4. The van der Waals surface area contributed by atoms with Crippen molar-refractivity contribution < 1.29 is 9.26 Å². The van der Waals surface area contributed by atoms with Crippen molar-refractivity contribution in [3.05, 3.63) is 35.7 Å². The van der Waals surface area contributed by atoms with Crippen molar-refractivity contribution in [1.29, 1.82) is 0 Å². The summed E-state index contributed by atoms with van der Waals surface area (Å²) in [6.07, 6.45) is 4.13. The van der Waals surface area contributed by atoms with E-state index >= 15 is 0 Å². The number of morpholine rings is 1. The van der Waals surface area contributed by atoms with Crippen LogP contribution in [0.5, 0.6) is 0 Å². The molecule has 7 heteroatoms. The first kappa shape index (κ1) is 18.3. The Hall–Kier alpha value is -1.47. The van der Waals surface area contributed by atoms with E-state index in [0.717, 1.165) is 64.1 Å². The van der Waals surface area contributed by atoms with Crippen LogP contribution < -0.4 is 5.73 Å². The van der Waals surface area contributed by atoms with Gasteiger partial charge in [0.15, 0.2) is 5.82 Å². The number of nitrogens with zero attached hydrogens (tertiary/aromatic N) is 3. The van der Waals surface area contributed by atoms with Crippen LogP contribution in [-0.4, -0.2) is 41.3 Å². The minimum absolute atomic E-state index is 0. The zero-order valence-electron chi connectivity index (χ0n) is 14.3. The molecule has 0 radical (unpaired) electrons. The SMILES string of the molecule is Cl.NC1(c2noc(-c3ccccc3CN3CCOCC3)n2)CCCC1. The predicted molar refractivity (Wildman–Crippen MR) is 97.4 cm³/mol. The number of halogens is 1. The standard InChI is InChI=1S/C18H24N4O2.ClH/c19-18(7-3-4-8-18)17-20-16(24-21-17)15-6-2-1-5-14(15)13-22-9-11-23-12-10-22;/h1-2,5-6H,3-4,7-13,19H2;1H. The average Bonchev–Trinajstić information content (AvgIpc) is 3.27. The molecular weight excluding hydrogens is 340 g/mol. The van der Waals surface area contributed by atoms with Gasteiger partial charge in [-0.2, -0.15) is 4.98 Å². The first-order valence-corrected chi connectivity index (χ1v) is 8.76. The second kappa shape index (κ2) is 7.83.